The van der Waals surface area contributed by atoms with E-state index in [1.54, 1.807) is 18.2 Å². The highest BCUT2D eigenvalue weighted by Crippen LogP contribution is 2.28. The monoisotopic (exact) mass is 431 g/mol. The van der Waals surface area contributed by atoms with Crippen LogP contribution < -0.4 is 5.32 Å². The summed E-state index contributed by atoms with van der Waals surface area (Å²) in [4.78, 5) is 16.9. The number of aryl methyl sites for hydroxylation is 1. The second-order valence-electron chi connectivity index (χ2n) is 5.99. The van der Waals surface area contributed by atoms with Gasteiger partial charge in [-0.3, -0.25) is 4.79 Å². The molecule has 0 aliphatic heterocycles. The number of aromatic nitrogens is 4. The van der Waals surface area contributed by atoms with Crippen molar-refractivity contribution in [1.29, 1.82) is 0 Å². The molecule has 0 fully saturated rings. The van der Waals surface area contributed by atoms with Crippen LogP contribution in [0.1, 0.15) is 6.92 Å². The lowest BCUT2D eigenvalue weighted by atomic mass is 10.2. The number of nitrogens with one attached hydrogen (secondary N) is 1. The molecule has 4 aromatic rings. The molecule has 4 rings (SSSR count). The van der Waals surface area contributed by atoms with Crippen LogP contribution in [-0.2, 0) is 11.3 Å². The Kier molecular flexibility index (Phi) is 5.39. The van der Waals surface area contributed by atoms with Crippen LogP contribution in [0.2, 0.25) is 10.0 Å². The fraction of sp³-hybridized carbons (Fsp3) is 0.158. The molecule has 1 N–H and O–H groups in total. The second-order valence-corrected chi connectivity index (χ2v) is 7.78. The van der Waals surface area contributed by atoms with Gasteiger partial charge in [-0.05, 0) is 31.2 Å². The first-order chi connectivity index (χ1) is 13.6. The Hall–Kier alpha value is -2.35. The number of hydrogen-bond donors (Lipinski definition) is 1. The molecule has 0 radical (unpaired) electrons. The van der Waals surface area contributed by atoms with E-state index in [0.717, 1.165) is 28.6 Å². The maximum Gasteiger partial charge on any atom is 0.234 e. The summed E-state index contributed by atoms with van der Waals surface area (Å²) >= 11 is 13.2. The molecule has 2 aromatic carbocycles. The number of carbonyl (C=O) groups is 1. The topological polar surface area (TPSA) is 72.7 Å². The number of amides is 1. The predicted molar refractivity (Wildman–Crippen MR) is 114 cm³/mol. The summed E-state index contributed by atoms with van der Waals surface area (Å²) in [6.07, 6.45) is 0. The smallest absolute Gasteiger partial charge is 0.234 e. The summed E-state index contributed by atoms with van der Waals surface area (Å²) < 4.78 is 2.09. The van der Waals surface area contributed by atoms with Gasteiger partial charge in [0, 0.05) is 17.0 Å². The lowest BCUT2D eigenvalue weighted by Crippen LogP contribution is -2.14. The van der Waals surface area contributed by atoms with Crippen LogP contribution in [0.15, 0.2) is 47.6 Å². The summed E-state index contributed by atoms with van der Waals surface area (Å²) in [7, 11) is 0. The zero-order valence-corrected chi connectivity index (χ0v) is 17.1. The van der Waals surface area contributed by atoms with Gasteiger partial charge in [-0.15, -0.1) is 10.2 Å². The van der Waals surface area contributed by atoms with Gasteiger partial charge in [0.15, 0.2) is 5.65 Å². The van der Waals surface area contributed by atoms with Crippen molar-refractivity contribution in [3.8, 4) is 0 Å². The molecular weight excluding hydrogens is 417 g/mol. The van der Waals surface area contributed by atoms with Crippen molar-refractivity contribution in [2.45, 2.75) is 18.6 Å². The van der Waals surface area contributed by atoms with Gasteiger partial charge in [-0.2, -0.15) is 0 Å². The number of halogens is 2. The Morgan fingerprint density at radius 1 is 1.18 bits per heavy atom. The summed E-state index contributed by atoms with van der Waals surface area (Å²) in [5.41, 5.74) is 3.11. The molecule has 0 atom stereocenters. The van der Waals surface area contributed by atoms with E-state index in [1.807, 2.05) is 24.3 Å². The minimum Gasteiger partial charge on any atom is -0.324 e. The van der Waals surface area contributed by atoms with E-state index in [-0.39, 0.29) is 11.7 Å². The number of para-hydroxylation sites is 1. The molecule has 2 heterocycles. The fourth-order valence-corrected chi connectivity index (χ4v) is 4.02. The average Bonchev–Trinajstić information content (AvgIpc) is 3.01. The Morgan fingerprint density at radius 2 is 2.00 bits per heavy atom. The molecule has 28 heavy (non-hydrogen) atoms. The Balaban J connectivity index is 1.53. The molecule has 0 spiro atoms. The number of fused-ring (bicyclic) bond motifs is 3. The summed E-state index contributed by atoms with van der Waals surface area (Å²) in [5.74, 6) is -0.0765. The molecule has 0 bridgehead atoms. The highest BCUT2D eigenvalue weighted by atomic mass is 35.5. The van der Waals surface area contributed by atoms with Gasteiger partial charge in [0.1, 0.15) is 5.52 Å². The van der Waals surface area contributed by atoms with Crippen molar-refractivity contribution < 1.29 is 4.79 Å². The lowest BCUT2D eigenvalue weighted by molar-refractivity contribution is -0.113. The van der Waals surface area contributed by atoms with E-state index in [2.05, 4.69) is 32.0 Å². The maximum absolute atomic E-state index is 12.2. The molecule has 1 amide bonds. The van der Waals surface area contributed by atoms with E-state index in [0.29, 0.717) is 20.9 Å². The molecule has 0 saturated carbocycles. The van der Waals surface area contributed by atoms with E-state index in [1.165, 1.54) is 11.8 Å². The number of anilines is 1. The van der Waals surface area contributed by atoms with Gasteiger partial charge >= 0.3 is 0 Å². The Bertz CT molecular complexity index is 1190. The zero-order valence-electron chi connectivity index (χ0n) is 14.8. The normalized spacial score (nSPS) is 11.2. The fourth-order valence-electron chi connectivity index (χ4n) is 2.98. The van der Waals surface area contributed by atoms with Crippen molar-refractivity contribution >= 4 is 68.6 Å². The number of benzene rings is 2. The first-order valence-corrected chi connectivity index (χ1v) is 10.3. The van der Waals surface area contributed by atoms with Crippen molar-refractivity contribution in [3.63, 3.8) is 0 Å². The van der Waals surface area contributed by atoms with Crippen LogP contribution in [0.4, 0.5) is 5.69 Å². The number of nitrogens with zero attached hydrogens (tertiary/aromatic N) is 4. The van der Waals surface area contributed by atoms with Crippen molar-refractivity contribution in [1.82, 2.24) is 19.7 Å². The van der Waals surface area contributed by atoms with Gasteiger partial charge in [0.25, 0.3) is 0 Å². The minimum atomic E-state index is -0.214. The zero-order chi connectivity index (χ0) is 19.7. The number of carbonyl (C=O) groups excluding carboxylic acids is 1. The van der Waals surface area contributed by atoms with E-state index in [4.69, 9.17) is 23.2 Å². The molecular formula is C19H15Cl2N5OS. The predicted octanol–water partition coefficient (Wildman–Crippen LogP) is 5.04. The first-order valence-electron chi connectivity index (χ1n) is 8.56. The molecule has 6 nitrogen and oxygen atoms in total. The third-order valence-electron chi connectivity index (χ3n) is 4.21. The molecule has 0 unspecified atom stereocenters. The standard InChI is InChI=1S/C19H15Cl2N5OS/c1-2-26-15-6-4-3-5-12(15)17-18(26)23-19(25-24-17)28-10-16(27)22-14-8-7-11(20)9-13(14)21/h3-9H,2,10H2,1H3,(H,22,27). The van der Waals surface area contributed by atoms with Crippen LogP contribution in [0.3, 0.4) is 0 Å². The summed E-state index contributed by atoms with van der Waals surface area (Å²) in [5, 5.41) is 13.6. The van der Waals surface area contributed by atoms with Crippen LogP contribution in [0.25, 0.3) is 22.1 Å². The van der Waals surface area contributed by atoms with Crippen molar-refractivity contribution in [2.24, 2.45) is 0 Å². The van der Waals surface area contributed by atoms with Crippen LogP contribution in [-0.4, -0.2) is 31.4 Å². The molecule has 0 aliphatic rings. The number of rotatable bonds is 5. The largest absolute Gasteiger partial charge is 0.324 e. The Morgan fingerprint density at radius 3 is 2.79 bits per heavy atom. The number of hydrogen-bond acceptors (Lipinski definition) is 5. The lowest BCUT2D eigenvalue weighted by Gasteiger charge is -2.07. The van der Waals surface area contributed by atoms with Crippen molar-refractivity contribution in [3.05, 3.63) is 52.5 Å². The van der Waals surface area contributed by atoms with Gasteiger partial charge in [-0.1, -0.05) is 53.2 Å². The van der Waals surface area contributed by atoms with Crippen LogP contribution >= 0.6 is 35.0 Å². The molecule has 0 aliphatic carbocycles. The molecule has 142 valence electrons. The maximum atomic E-state index is 12.2. The van der Waals surface area contributed by atoms with Gasteiger partial charge in [-0.25, -0.2) is 4.98 Å². The third kappa shape index (κ3) is 3.65. The van der Waals surface area contributed by atoms with Gasteiger partial charge in [0.2, 0.25) is 11.1 Å². The highest BCUT2D eigenvalue weighted by molar-refractivity contribution is 7.99. The van der Waals surface area contributed by atoms with Crippen LogP contribution in [0, 0.1) is 0 Å². The van der Waals surface area contributed by atoms with E-state index in [9.17, 15) is 4.79 Å². The third-order valence-corrected chi connectivity index (χ3v) is 5.59. The molecule has 2 aromatic heterocycles. The molecule has 9 heteroatoms. The quantitative estimate of drug-likeness (QED) is 0.448. The number of thioether (sulfide) groups is 1. The summed E-state index contributed by atoms with van der Waals surface area (Å²) in [6.45, 7) is 2.83. The summed E-state index contributed by atoms with van der Waals surface area (Å²) in [6, 6.07) is 12.9. The highest BCUT2D eigenvalue weighted by Gasteiger charge is 2.15. The SMILES string of the molecule is CCn1c2ccccc2c2nnc(SCC(=O)Nc3ccc(Cl)cc3Cl)nc21. The second kappa shape index (κ2) is 7.95. The van der Waals surface area contributed by atoms with Gasteiger partial charge in [0.05, 0.1) is 22.0 Å². The van der Waals surface area contributed by atoms with Crippen LogP contribution in [0.5, 0.6) is 0 Å². The average molecular weight is 432 g/mol. The minimum absolute atomic E-state index is 0.137. The van der Waals surface area contributed by atoms with Gasteiger partial charge < -0.3 is 9.88 Å². The van der Waals surface area contributed by atoms with E-state index >= 15 is 0 Å². The van der Waals surface area contributed by atoms with Crippen molar-refractivity contribution in [2.75, 3.05) is 11.1 Å². The molecule has 0 saturated heterocycles. The first kappa shape index (κ1) is 19.0. The Labute approximate surface area is 175 Å². The van der Waals surface area contributed by atoms with E-state index < -0.39 is 0 Å².